The molecule has 0 aromatic heterocycles. The summed E-state index contributed by atoms with van der Waals surface area (Å²) in [5, 5.41) is 35.6. The van der Waals surface area contributed by atoms with Crippen LogP contribution < -0.4 is 21.7 Å². The SMILES string of the molecule is N=C1OC(c2ccc(C3OC(=N)C(=N/Nc4ccccc4)/C3=N\Nc3ccccc3)cc2)C(=N\Nc2ccccc2)/C1=N/Nc1ccccc1. The lowest BCUT2D eigenvalue weighted by atomic mass is 9.98. The second-order valence-electron chi connectivity index (χ2n) is 11.1. The molecule has 0 aliphatic carbocycles. The van der Waals surface area contributed by atoms with Crippen LogP contribution in [0.4, 0.5) is 22.7 Å². The van der Waals surface area contributed by atoms with Crippen LogP contribution in [0.1, 0.15) is 23.3 Å². The van der Waals surface area contributed by atoms with Gasteiger partial charge in [-0.3, -0.25) is 32.5 Å². The van der Waals surface area contributed by atoms with Crippen LogP contribution in [-0.2, 0) is 9.47 Å². The van der Waals surface area contributed by atoms with E-state index in [0.29, 0.717) is 11.4 Å². The lowest BCUT2D eigenvalue weighted by molar-refractivity contribution is 0.271. The molecule has 2 heterocycles. The number of nitrogens with one attached hydrogen (secondary N) is 6. The number of hydrogen-bond donors (Lipinski definition) is 6. The molecule has 2 aliphatic rings. The Balaban J connectivity index is 1.18. The Kier molecular flexibility index (Phi) is 9.31. The first kappa shape index (κ1) is 31.5. The van der Waals surface area contributed by atoms with E-state index in [1.807, 2.05) is 146 Å². The van der Waals surface area contributed by atoms with E-state index in [-0.39, 0.29) is 23.2 Å². The normalized spacial score (nSPS) is 20.2. The van der Waals surface area contributed by atoms with Crippen molar-refractivity contribution >= 4 is 57.4 Å². The van der Waals surface area contributed by atoms with Gasteiger partial charge >= 0.3 is 0 Å². The van der Waals surface area contributed by atoms with Gasteiger partial charge in [0, 0.05) is 0 Å². The first-order valence-electron chi connectivity index (χ1n) is 15.8. The van der Waals surface area contributed by atoms with Crippen molar-refractivity contribution in [3.05, 3.63) is 157 Å². The summed E-state index contributed by atoms with van der Waals surface area (Å²) >= 11 is 0. The number of hydrogen-bond acceptors (Lipinski definition) is 12. The standard InChI is InChI=1S/C38H32N10O2/c39-37-33(47-43-29-17-9-3-10-18-29)31(45-41-27-13-5-1-6-14-27)35(49-37)25-21-23-26(24-22-25)36-32(46-42-28-15-7-2-8-16-28)34(38(40)50-36)48-44-30-19-11-4-12-20-30/h1-24,35-36,39-44H/b39-37?,40-38?,45-31-,46-32+,47-33-,48-34+. The van der Waals surface area contributed by atoms with Gasteiger partial charge in [0.25, 0.3) is 0 Å². The van der Waals surface area contributed by atoms with E-state index in [9.17, 15) is 0 Å². The van der Waals surface area contributed by atoms with Gasteiger partial charge in [0.15, 0.2) is 23.6 Å². The molecule has 2 aliphatic heterocycles. The lowest BCUT2D eigenvalue weighted by Gasteiger charge is -2.14. The number of rotatable bonds is 10. The molecule has 5 aromatic rings. The molecular weight excluding hydrogens is 628 g/mol. The number of para-hydroxylation sites is 4. The van der Waals surface area contributed by atoms with Gasteiger partial charge in [-0.25, -0.2) is 0 Å². The highest BCUT2D eigenvalue weighted by atomic mass is 16.5. The van der Waals surface area contributed by atoms with E-state index in [1.165, 1.54) is 0 Å². The van der Waals surface area contributed by atoms with Crippen LogP contribution >= 0.6 is 0 Å². The summed E-state index contributed by atoms with van der Waals surface area (Å²) < 4.78 is 12.1. The third-order valence-corrected chi connectivity index (χ3v) is 7.73. The van der Waals surface area contributed by atoms with Gasteiger partial charge in [-0.05, 0) is 59.7 Å². The smallest absolute Gasteiger partial charge is 0.237 e. The van der Waals surface area contributed by atoms with E-state index in [2.05, 4.69) is 42.1 Å². The zero-order valence-corrected chi connectivity index (χ0v) is 26.6. The predicted octanol–water partition coefficient (Wildman–Crippen LogP) is 7.66. The molecule has 2 saturated heterocycles. The van der Waals surface area contributed by atoms with Gasteiger partial charge in [-0.2, -0.15) is 20.4 Å². The molecule has 12 nitrogen and oxygen atoms in total. The maximum Gasteiger partial charge on any atom is 0.237 e. The Morgan fingerprint density at radius 2 is 0.660 bits per heavy atom. The maximum absolute atomic E-state index is 8.65. The van der Waals surface area contributed by atoms with Crippen molar-refractivity contribution in [1.29, 1.82) is 10.8 Å². The molecule has 2 unspecified atom stereocenters. The molecule has 0 bridgehead atoms. The largest absolute Gasteiger partial charge is 0.461 e. The molecule has 12 heteroatoms. The third-order valence-electron chi connectivity index (χ3n) is 7.73. The van der Waals surface area contributed by atoms with Gasteiger partial charge in [0.1, 0.15) is 11.4 Å². The summed E-state index contributed by atoms with van der Waals surface area (Å²) in [7, 11) is 0. The summed E-state index contributed by atoms with van der Waals surface area (Å²) in [6.07, 6.45) is -1.43. The van der Waals surface area contributed by atoms with Crippen LogP contribution in [-0.4, -0.2) is 34.6 Å². The molecule has 7 rings (SSSR count). The van der Waals surface area contributed by atoms with Crippen LogP contribution in [0.5, 0.6) is 0 Å². The Bertz CT molecular complexity index is 1930. The van der Waals surface area contributed by atoms with Crippen molar-refractivity contribution in [3.8, 4) is 0 Å². The first-order valence-corrected chi connectivity index (χ1v) is 15.8. The van der Waals surface area contributed by atoms with Crippen LogP contribution in [0.2, 0.25) is 0 Å². The molecular formula is C38H32N10O2. The van der Waals surface area contributed by atoms with E-state index >= 15 is 0 Å². The number of nitrogens with zero attached hydrogens (tertiary/aromatic N) is 4. The van der Waals surface area contributed by atoms with Gasteiger partial charge in [-0.15, -0.1) is 0 Å². The van der Waals surface area contributed by atoms with Gasteiger partial charge < -0.3 is 9.47 Å². The van der Waals surface area contributed by atoms with Gasteiger partial charge in [0.2, 0.25) is 11.8 Å². The van der Waals surface area contributed by atoms with Crippen molar-refractivity contribution in [1.82, 2.24) is 0 Å². The minimum atomic E-state index is -0.716. The van der Waals surface area contributed by atoms with Gasteiger partial charge in [-0.1, -0.05) is 97.1 Å². The second-order valence-corrected chi connectivity index (χ2v) is 11.1. The Hall–Kier alpha value is -7.08. The summed E-state index contributed by atoms with van der Waals surface area (Å²) in [4.78, 5) is 0. The molecule has 50 heavy (non-hydrogen) atoms. The minimum Gasteiger partial charge on any atom is -0.461 e. The fourth-order valence-corrected chi connectivity index (χ4v) is 5.22. The Morgan fingerprint density at radius 3 is 0.960 bits per heavy atom. The highest BCUT2D eigenvalue weighted by molar-refractivity contribution is 6.70. The first-order chi connectivity index (χ1) is 24.6. The topological polar surface area (TPSA) is 164 Å². The monoisotopic (exact) mass is 660 g/mol. The molecule has 0 amide bonds. The van der Waals surface area contributed by atoms with Crippen LogP contribution in [0.15, 0.2) is 166 Å². The van der Waals surface area contributed by atoms with Crippen LogP contribution in [0, 0.1) is 10.8 Å². The minimum absolute atomic E-state index is 0.114. The molecule has 2 fully saturated rings. The molecule has 2 atom stereocenters. The van der Waals surface area contributed by atoms with Crippen LogP contribution in [0.25, 0.3) is 0 Å². The molecule has 0 saturated carbocycles. The molecule has 5 aromatic carbocycles. The average molecular weight is 661 g/mol. The zero-order chi connectivity index (χ0) is 34.1. The van der Waals surface area contributed by atoms with Crippen molar-refractivity contribution in [2.75, 3.05) is 21.7 Å². The van der Waals surface area contributed by atoms with Gasteiger partial charge in [0.05, 0.1) is 22.7 Å². The Morgan fingerprint density at radius 1 is 0.380 bits per heavy atom. The fourth-order valence-electron chi connectivity index (χ4n) is 5.22. The number of hydrazone groups is 4. The highest BCUT2D eigenvalue weighted by Gasteiger charge is 2.39. The zero-order valence-electron chi connectivity index (χ0n) is 26.6. The Labute approximate surface area is 288 Å². The fraction of sp³-hybridized carbons (Fsp3) is 0.0526. The van der Waals surface area contributed by atoms with E-state index in [0.717, 1.165) is 33.9 Å². The third kappa shape index (κ3) is 7.24. The summed E-state index contributed by atoms with van der Waals surface area (Å²) in [6.45, 7) is 0. The van der Waals surface area contributed by atoms with E-state index in [1.54, 1.807) is 0 Å². The van der Waals surface area contributed by atoms with Crippen molar-refractivity contribution in [2.24, 2.45) is 20.4 Å². The quantitative estimate of drug-likeness (QED) is 0.0843. The lowest BCUT2D eigenvalue weighted by Crippen LogP contribution is -2.20. The maximum atomic E-state index is 8.65. The molecule has 0 spiro atoms. The van der Waals surface area contributed by atoms with Crippen molar-refractivity contribution in [2.45, 2.75) is 12.2 Å². The molecule has 6 N–H and O–H groups in total. The second kappa shape index (κ2) is 14.8. The summed E-state index contributed by atoms with van der Waals surface area (Å²) in [5.74, 6) is -0.228. The van der Waals surface area contributed by atoms with Crippen LogP contribution in [0.3, 0.4) is 0 Å². The number of benzene rings is 5. The number of ether oxygens (including phenoxy) is 2. The predicted molar refractivity (Wildman–Crippen MR) is 200 cm³/mol. The molecule has 246 valence electrons. The highest BCUT2D eigenvalue weighted by Crippen LogP contribution is 2.32. The summed E-state index contributed by atoms with van der Waals surface area (Å²) in [5.41, 5.74) is 18.1. The number of anilines is 4. The van der Waals surface area contributed by atoms with Crippen molar-refractivity contribution in [3.63, 3.8) is 0 Å². The summed E-state index contributed by atoms with van der Waals surface area (Å²) in [6, 6.07) is 45.5. The average Bonchev–Trinajstić information content (AvgIpc) is 3.67. The molecule has 0 radical (unpaired) electrons. The van der Waals surface area contributed by atoms with Crippen molar-refractivity contribution < 1.29 is 9.47 Å². The van der Waals surface area contributed by atoms with E-state index < -0.39 is 12.2 Å². The van der Waals surface area contributed by atoms with E-state index in [4.69, 9.17) is 20.3 Å².